The number of rotatable bonds is 3. The van der Waals surface area contributed by atoms with Gasteiger partial charge in [-0.25, -0.2) is 0 Å². The summed E-state index contributed by atoms with van der Waals surface area (Å²) in [6.07, 6.45) is 5.04. The van der Waals surface area contributed by atoms with Gasteiger partial charge in [-0.15, -0.1) is 11.3 Å². The van der Waals surface area contributed by atoms with Gasteiger partial charge in [-0.05, 0) is 40.2 Å². The van der Waals surface area contributed by atoms with Crippen LogP contribution in [0.15, 0.2) is 15.9 Å². The fourth-order valence-corrected chi connectivity index (χ4v) is 5.32. The Labute approximate surface area is 127 Å². The lowest BCUT2D eigenvalue weighted by molar-refractivity contribution is -0.0308. The van der Waals surface area contributed by atoms with Gasteiger partial charge < -0.3 is 10.5 Å². The molecule has 19 heavy (non-hydrogen) atoms. The lowest BCUT2D eigenvalue weighted by Crippen LogP contribution is -2.57. The molecule has 3 rings (SSSR count). The van der Waals surface area contributed by atoms with Gasteiger partial charge in [0.05, 0.1) is 19.3 Å². The second kappa shape index (κ2) is 5.82. The third-order valence-corrected chi connectivity index (χ3v) is 6.57. The number of morpholine rings is 1. The highest BCUT2D eigenvalue weighted by Crippen LogP contribution is 2.46. The van der Waals surface area contributed by atoms with Crippen LogP contribution in [0.5, 0.6) is 0 Å². The minimum atomic E-state index is 0.113. The zero-order chi connectivity index (χ0) is 13.3. The molecule has 1 unspecified atom stereocenters. The standard InChI is InChI=1S/C14H21BrN2OS/c15-11-3-10-19-12(11)13(16)14(4-1-2-5-14)17-6-8-18-9-7-17/h3,10,13H,1-2,4-9,16H2. The Hall–Kier alpha value is 0.0600. The Morgan fingerprint density at radius 1 is 1.32 bits per heavy atom. The van der Waals surface area contributed by atoms with E-state index in [-0.39, 0.29) is 11.6 Å². The summed E-state index contributed by atoms with van der Waals surface area (Å²) in [5.74, 6) is 0. The first kappa shape index (κ1) is 14.0. The molecule has 2 N–H and O–H groups in total. The van der Waals surface area contributed by atoms with Crippen LogP contribution in [0, 0.1) is 0 Å². The SMILES string of the molecule is NC(c1sccc1Br)C1(N2CCOCC2)CCCC1. The van der Waals surface area contributed by atoms with Crippen molar-refractivity contribution in [1.29, 1.82) is 0 Å². The Morgan fingerprint density at radius 2 is 2.00 bits per heavy atom. The summed E-state index contributed by atoms with van der Waals surface area (Å²) >= 11 is 5.43. The van der Waals surface area contributed by atoms with Crippen LogP contribution >= 0.6 is 27.3 Å². The number of nitrogens with zero attached hydrogens (tertiary/aromatic N) is 1. The molecule has 0 amide bonds. The first-order valence-corrected chi connectivity index (χ1v) is 8.72. The predicted octanol–water partition coefficient (Wildman–Crippen LogP) is 3.16. The molecule has 1 aromatic heterocycles. The van der Waals surface area contributed by atoms with Crippen molar-refractivity contribution in [2.75, 3.05) is 26.3 Å². The number of halogens is 1. The van der Waals surface area contributed by atoms with Crippen LogP contribution in [0.4, 0.5) is 0 Å². The highest BCUT2D eigenvalue weighted by Gasteiger charge is 2.46. The van der Waals surface area contributed by atoms with Crippen LogP contribution in [0.1, 0.15) is 36.6 Å². The molecular weight excluding hydrogens is 324 g/mol. The summed E-state index contributed by atoms with van der Waals surface area (Å²) in [5, 5.41) is 2.13. The third kappa shape index (κ3) is 2.51. The molecule has 1 atom stereocenters. The van der Waals surface area contributed by atoms with Gasteiger partial charge >= 0.3 is 0 Å². The maximum Gasteiger partial charge on any atom is 0.0594 e. The summed E-state index contributed by atoms with van der Waals surface area (Å²) < 4.78 is 6.68. The van der Waals surface area contributed by atoms with Crippen LogP contribution < -0.4 is 5.73 Å². The van der Waals surface area contributed by atoms with Crippen molar-refractivity contribution in [1.82, 2.24) is 4.90 Å². The van der Waals surface area contributed by atoms with Gasteiger partial charge in [0.2, 0.25) is 0 Å². The number of ether oxygens (including phenoxy) is 1. The van der Waals surface area contributed by atoms with Gasteiger partial charge in [-0.1, -0.05) is 12.8 Å². The molecule has 1 aliphatic carbocycles. The van der Waals surface area contributed by atoms with E-state index in [9.17, 15) is 0 Å². The fraction of sp³-hybridized carbons (Fsp3) is 0.714. The minimum absolute atomic E-state index is 0.113. The Balaban J connectivity index is 1.89. The summed E-state index contributed by atoms with van der Waals surface area (Å²) in [4.78, 5) is 3.90. The summed E-state index contributed by atoms with van der Waals surface area (Å²) in [6, 6.07) is 2.23. The molecule has 2 fully saturated rings. The van der Waals surface area contributed by atoms with Crippen molar-refractivity contribution in [2.24, 2.45) is 5.73 Å². The monoisotopic (exact) mass is 344 g/mol. The van der Waals surface area contributed by atoms with E-state index in [2.05, 4.69) is 32.3 Å². The van der Waals surface area contributed by atoms with Crippen molar-refractivity contribution in [3.63, 3.8) is 0 Å². The lowest BCUT2D eigenvalue weighted by atomic mass is 9.85. The van der Waals surface area contributed by atoms with Crippen LogP contribution in [0.3, 0.4) is 0 Å². The predicted molar refractivity (Wildman–Crippen MR) is 82.5 cm³/mol. The zero-order valence-electron chi connectivity index (χ0n) is 11.1. The van der Waals surface area contributed by atoms with Gasteiger partial charge in [0.15, 0.2) is 0 Å². The first-order valence-electron chi connectivity index (χ1n) is 7.05. The molecule has 0 bridgehead atoms. The topological polar surface area (TPSA) is 38.5 Å². The first-order chi connectivity index (χ1) is 9.24. The molecule has 3 nitrogen and oxygen atoms in total. The Bertz CT molecular complexity index is 425. The summed E-state index contributed by atoms with van der Waals surface area (Å²) in [6.45, 7) is 3.74. The molecule has 5 heteroatoms. The van der Waals surface area contributed by atoms with Crippen molar-refractivity contribution >= 4 is 27.3 Å². The molecule has 0 radical (unpaired) electrons. The third-order valence-electron chi connectivity index (χ3n) is 4.62. The largest absolute Gasteiger partial charge is 0.379 e. The quantitative estimate of drug-likeness (QED) is 0.915. The normalized spacial score (nSPS) is 25.6. The molecular formula is C14H21BrN2OS. The van der Waals surface area contributed by atoms with E-state index < -0.39 is 0 Å². The smallest absolute Gasteiger partial charge is 0.0594 e. The lowest BCUT2D eigenvalue weighted by Gasteiger charge is -2.47. The number of thiophene rings is 1. The molecule has 0 aromatic carbocycles. The van der Waals surface area contributed by atoms with Gasteiger partial charge in [0.25, 0.3) is 0 Å². The molecule has 1 aromatic rings. The highest BCUT2D eigenvalue weighted by atomic mass is 79.9. The van der Waals surface area contributed by atoms with E-state index in [0.717, 1.165) is 26.3 Å². The molecule has 2 heterocycles. The highest BCUT2D eigenvalue weighted by molar-refractivity contribution is 9.10. The molecule has 0 spiro atoms. The number of hydrogen-bond acceptors (Lipinski definition) is 4. The summed E-state index contributed by atoms with van der Waals surface area (Å²) in [5.41, 5.74) is 6.86. The number of hydrogen-bond donors (Lipinski definition) is 1. The van der Waals surface area contributed by atoms with Crippen LogP contribution in [0.2, 0.25) is 0 Å². The van der Waals surface area contributed by atoms with Gasteiger partial charge in [-0.3, -0.25) is 4.90 Å². The number of nitrogens with two attached hydrogens (primary N) is 1. The zero-order valence-corrected chi connectivity index (χ0v) is 13.5. The summed E-state index contributed by atoms with van der Waals surface area (Å²) in [7, 11) is 0. The average Bonchev–Trinajstić information content (AvgIpc) is 3.08. The maximum atomic E-state index is 6.71. The van der Waals surface area contributed by atoms with E-state index in [1.807, 2.05) is 0 Å². The van der Waals surface area contributed by atoms with Gasteiger partial charge in [0, 0.05) is 28.0 Å². The second-order valence-corrected chi connectivity index (χ2v) is 7.32. The van der Waals surface area contributed by atoms with Crippen LogP contribution in [0.25, 0.3) is 0 Å². The van der Waals surface area contributed by atoms with Gasteiger partial charge in [-0.2, -0.15) is 0 Å². The van der Waals surface area contributed by atoms with E-state index in [4.69, 9.17) is 10.5 Å². The fourth-order valence-electron chi connectivity index (χ4n) is 3.59. The van der Waals surface area contributed by atoms with E-state index in [1.54, 1.807) is 11.3 Å². The van der Waals surface area contributed by atoms with Crippen molar-refractivity contribution in [3.05, 3.63) is 20.8 Å². The van der Waals surface area contributed by atoms with Crippen molar-refractivity contribution in [2.45, 2.75) is 37.3 Å². The van der Waals surface area contributed by atoms with Crippen molar-refractivity contribution < 1.29 is 4.74 Å². The van der Waals surface area contributed by atoms with Crippen molar-refractivity contribution in [3.8, 4) is 0 Å². The maximum absolute atomic E-state index is 6.71. The van der Waals surface area contributed by atoms with E-state index in [0.29, 0.717) is 0 Å². The average molecular weight is 345 g/mol. The van der Waals surface area contributed by atoms with E-state index >= 15 is 0 Å². The minimum Gasteiger partial charge on any atom is -0.379 e. The molecule has 1 saturated heterocycles. The second-order valence-electron chi connectivity index (χ2n) is 5.52. The Morgan fingerprint density at radius 3 is 2.58 bits per heavy atom. The van der Waals surface area contributed by atoms with Crippen LogP contribution in [-0.4, -0.2) is 36.7 Å². The Kier molecular flexibility index (Phi) is 4.29. The molecule has 106 valence electrons. The van der Waals surface area contributed by atoms with E-state index in [1.165, 1.54) is 35.0 Å². The molecule has 1 aliphatic heterocycles. The molecule has 1 saturated carbocycles. The van der Waals surface area contributed by atoms with Gasteiger partial charge in [0.1, 0.15) is 0 Å². The molecule has 2 aliphatic rings. The van der Waals surface area contributed by atoms with Crippen LogP contribution in [-0.2, 0) is 4.74 Å².